The van der Waals surface area contributed by atoms with Gasteiger partial charge in [-0.1, -0.05) is 12.5 Å². The highest BCUT2D eigenvalue weighted by molar-refractivity contribution is 5.94. The molecule has 7 heteroatoms. The summed E-state index contributed by atoms with van der Waals surface area (Å²) in [6, 6.07) is 6.38. The monoisotopic (exact) mass is 367 g/mol. The molecule has 0 spiro atoms. The first-order chi connectivity index (χ1) is 11.6. The van der Waals surface area contributed by atoms with Crippen LogP contribution in [0.5, 0.6) is 5.75 Å². The number of carbonyl (C=O) groups is 2. The van der Waals surface area contributed by atoms with E-state index in [1.54, 1.807) is 23.1 Å². The lowest BCUT2D eigenvalue weighted by atomic mass is 9.94. The van der Waals surface area contributed by atoms with E-state index in [1.807, 2.05) is 4.90 Å². The Hall–Kier alpha value is -1.79. The number of phenolic OH excluding ortho intramolecular Hbond substituents is 1. The Bertz CT molecular complexity index is 617. The van der Waals surface area contributed by atoms with E-state index < -0.39 is 0 Å². The number of aromatic hydroxyl groups is 1. The fraction of sp³-hybridized carbons (Fsp3) is 0.556. The zero-order valence-corrected chi connectivity index (χ0v) is 15.1. The average molecular weight is 368 g/mol. The Labute approximate surface area is 154 Å². The number of hydrogen-bond donors (Lipinski definition) is 2. The summed E-state index contributed by atoms with van der Waals surface area (Å²) in [7, 11) is 0. The second kappa shape index (κ2) is 8.54. The van der Waals surface area contributed by atoms with Gasteiger partial charge in [-0.15, -0.1) is 12.4 Å². The van der Waals surface area contributed by atoms with Crippen molar-refractivity contribution in [3.05, 3.63) is 29.8 Å². The quantitative estimate of drug-likeness (QED) is 0.847. The average Bonchev–Trinajstić information content (AvgIpc) is 3.09. The first-order valence-electron chi connectivity index (χ1n) is 8.67. The van der Waals surface area contributed by atoms with E-state index in [9.17, 15) is 14.7 Å². The molecule has 1 aromatic carbocycles. The van der Waals surface area contributed by atoms with Crippen LogP contribution < -0.4 is 5.73 Å². The zero-order valence-electron chi connectivity index (χ0n) is 14.3. The Morgan fingerprint density at radius 2 is 1.80 bits per heavy atom. The fourth-order valence-corrected chi connectivity index (χ4v) is 3.83. The van der Waals surface area contributed by atoms with E-state index in [2.05, 4.69) is 0 Å². The van der Waals surface area contributed by atoms with E-state index in [1.165, 1.54) is 6.07 Å². The van der Waals surface area contributed by atoms with Crippen molar-refractivity contribution in [1.82, 2.24) is 9.80 Å². The molecular formula is C18H26ClN3O3. The normalized spacial score (nSPS) is 23.2. The molecule has 2 fully saturated rings. The van der Waals surface area contributed by atoms with Crippen LogP contribution in [0.15, 0.2) is 24.3 Å². The van der Waals surface area contributed by atoms with Gasteiger partial charge in [0.2, 0.25) is 5.91 Å². The van der Waals surface area contributed by atoms with E-state index in [0.29, 0.717) is 44.2 Å². The first-order valence-corrected chi connectivity index (χ1v) is 8.67. The van der Waals surface area contributed by atoms with Crippen molar-refractivity contribution in [1.29, 1.82) is 0 Å². The predicted octanol–water partition coefficient (Wildman–Crippen LogP) is 1.47. The van der Waals surface area contributed by atoms with Crippen molar-refractivity contribution >= 4 is 24.2 Å². The van der Waals surface area contributed by atoms with Crippen LogP contribution in [0.3, 0.4) is 0 Å². The number of amides is 2. The lowest BCUT2D eigenvalue weighted by Crippen LogP contribution is -2.52. The van der Waals surface area contributed by atoms with Crippen LogP contribution >= 0.6 is 12.4 Å². The van der Waals surface area contributed by atoms with Gasteiger partial charge in [0.1, 0.15) is 5.75 Å². The van der Waals surface area contributed by atoms with Gasteiger partial charge in [-0.2, -0.15) is 0 Å². The molecule has 3 N–H and O–H groups in total. The minimum absolute atomic E-state index is 0. The van der Waals surface area contributed by atoms with Crippen molar-refractivity contribution in [2.75, 3.05) is 32.7 Å². The number of rotatable bonds is 3. The number of nitrogens with zero attached hydrogens (tertiary/aromatic N) is 2. The summed E-state index contributed by atoms with van der Waals surface area (Å²) in [5, 5.41) is 9.51. The van der Waals surface area contributed by atoms with Crippen LogP contribution in [0, 0.1) is 11.8 Å². The van der Waals surface area contributed by atoms with Gasteiger partial charge in [0.15, 0.2) is 0 Å². The molecule has 25 heavy (non-hydrogen) atoms. The van der Waals surface area contributed by atoms with Gasteiger partial charge in [0.05, 0.1) is 0 Å². The summed E-state index contributed by atoms with van der Waals surface area (Å²) < 4.78 is 0. The lowest BCUT2D eigenvalue weighted by molar-refractivity contribution is -0.138. The minimum Gasteiger partial charge on any atom is -0.508 e. The number of benzene rings is 1. The Morgan fingerprint density at radius 1 is 1.12 bits per heavy atom. The van der Waals surface area contributed by atoms with E-state index >= 15 is 0 Å². The number of halogens is 1. The molecule has 2 aliphatic rings. The molecule has 0 unspecified atom stereocenters. The fourth-order valence-electron chi connectivity index (χ4n) is 3.83. The second-order valence-corrected chi connectivity index (χ2v) is 6.70. The molecule has 0 aromatic heterocycles. The number of carbonyl (C=O) groups excluding carboxylic acids is 2. The van der Waals surface area contributed by atoms with Crippen molar-refractivity contribution < 1.29 is 14.7 Å². The Balaban J connectivity index is 0.00000225. The van der Waals surface area contributed by atoms with E-state index in [4.69, 9.17) is 5.73 Å². The topological polar surface area (TPSA) is 86.9 Å². The Morgan fingerprint density at radius 3 is 2.44 bits per heavy atom. The molecule has 1 aromatic rings. The van der Waals surface area contributed by atoms with Gasteiger partial charge in [0.25, 0.3) is 5.91 Å². The highest BCUT2D eigenvalue weighted by atomic mass is 35.5. The molecule has 6 nitrogen and oxygen atoms in total. The first kappa shape index (κ1) is 19.5. The van der Waals surface area contributed by atoms with Crippen LogP contribution in [0.25, 0.3) is 0 Å². The molecule has 138 valence electrons. The summed E-state index contributed by atoms with van der Waals surface area (Å²) in [6.07, 6.45) is 3.06. The summed E-state index contributed by atoms with van der Waals surface area (Å²) in [5.74, 6) is 0.558. The van der Waals surface area contributed by atoms with Crippen LogP contribution in [-0.4, -0.2) is 59.4 Å². The standard InChI is InChI=1S/C18H25N3O3.ClH/c19-12-14-4-2-6-16(14)18(24)21-9-7-20(8-10-21)17(23)13-3-1-5-15(22)11-13;/h1,3,5,11,14,16,22H,2,4,6-10,12,19H2;1H/t14-,16-;/m1./s1. The Kier molecular flexibility index (Phi) is 6.67. The minimum atomic E-state index is -0.0984. The molecule has 2 amide bonds. The molecule has 1 aliphatic carbocycles. The van der Waals surface area contributed by atoms with Crippen LogP contribution in [-0.2, 0) is 4.79 Å². The lowest BCUT2D eigenvalue weighted by Gasteiger charge is -2.36. The number of hydrogen-bond acceptors (Lipinski definition) is 4. The summed E-state index contributed by atoms with van der Waals surface area (Å²) >= 11 is 0. The summed E-state index contributed by atoms with van der Waals surface area (Å²) in [6.45, 7) is 2.77. The van der Waals surface area contributed by atoms with Crippen LogP contribution in [0.4, 0.5) is 0 Å². The third kappa shape index (κ3) is 4.25. The van der Waals surface area contributed by atoms with Gasteiger partial charge in [-0.25, -0.2) is 0 Å². The van der Waals surface area contributed by atoms with Gasteiger partial charge in [-0.3, -0.25) is 9.59 Å². The maximum Gasteiger partial charge on any atom is 0.254 e. The zero-order chi connectivity index (χ0) is 17.1. The number of nitrogens with two attached hydrogens (primary N) is 1. The van der Waals surface area contributed by atoms with Crippen LogP contribution in [0.2, 0.25) is 0 Å². The highest BCUT2D eigenvalue weighted by Crippen LogP contribution is 2.32. The van der Waals surface area contributed by atoms with Crippen molar-refractivity contribution in [2.24, 2.45) is 17.6 Å². The smallest absolute Gasteiger partial charge is 0.254 e. The van der Waals surface area contributed by atoms with Gasteiger partial charge < -0.3 is 20.6 Å². The number of piperazine rings is 1. The highest BCUT2D eigenvalue weighted by Gasteiger charge is 2.36. The van der Waals surface area contributed by atoms with Crippen molar-refractivity contribution in [2.45, 2.75) is 19.3 Å². The predicted molar refractivity (Wildman–Crippen MR) is 97.7 cm³/mol. The molecule has 0 radical (unpaired) electrons. The van der Waals surface area contributed by atoms with Gasteiger partial charge >= 0.3 is 0 Å². The molecule has 1 saturated heterocycles. The number of phenols is 1. The second-order valence-electron chi connectivity index (χ2n) is 6.70. The molecule has 3 rings (SSSR count). The third-order valence-electron chi connectivity index (χ3n) is 5.25. The summed E-state index contributed by atoms with van der Waals surface area (Å²) in [4.78, 5) is 28.8. The van der Waals surface area contributed by atoms with Crippen molar-refractivity contribution in [3.8, 4) is 5.75 Å². The largest absolute Gasteiger partial charge is 0.508 e. The SMILES string of the molecule is Cl.NC[C@H]1CCC[C@H]1C(=O)N1CCN(C(=O)c2cccc(O)c2)CC1. The molecule has 1 aliphatic heterocycles. The van der Waals surface area contributed by atoms with Gasteiger partial charge in [-0.05, 0) is 43.5 Å². The van der Waals surface area contributed by atoms with Crippen LogP contribution in [0.1, 0.15) is 29.6 Å². The molecule has 1 heterocycles. The maximum absolute atomic E-state index is 12.7. The molecule has 1 saturated carbocycles. The molecular weight excluding hydrogens is 342 g/mol. The molecule has 2 atom stereocenters. The summed E-state index contributed by atoms with van der Waals surface area (Å²) in [5.41, 5.74) is 6.27. The van der Waals surface area contributed by atoms with Crippen molar-refractivity contribution in [3.63, 3.8) is 0 Å². The maximum atomic E-state index is 12.7. The molecule has 0 bridgehead atoms. The van der Waals surface area contributed by atoms with Gasteiger partial charge in [0, 0.05) is 37.7 Å². The van der Waals surface area contributed by atoms with E-state index in [0.717, 1.165) is 19.3 Å². The van der Waals surface area contributed by atoms with E-state index in [-0.39, 0.29) is 35.9 Å². The third-order valence-corrected chi connectivity index (χ3v) is 5.25.